The van der Waals surface area contributed by atoms with Crippen LogP contribution in [-0.2, 0) is 4.79 Å². The molecule has 0 aliphatic heterocycles. The van der Waals surface area contributed by atoms with Crippen molar-refractivity contribution in [3.05, 3.63) is 94.7 Å². The van der Waals surface area contributed by atoms with Crippen LogP contribution in [0, 0.1) is 27.7 Å². The van der Waals surface area contributed by atoms with E-state index in [4.69, 9.17) is 9.84 Å². The van der Waals surface area contributed by atoms with E-state index in [1.165, 1.54) is 0 Å². The summed E-state index contributed by atoms with van der Waals surface area (Å²) in [6.45, 7) is 7.77. The van der Waals surface area contributed by atoms with Gasteiger partial charge in [-0.3, -0.25) is 9.59 Å². The largest absolute Gasteiger partial charge is 0.497 e. The second kappa shape index (κ2) is 10.5. The maximum atomic E-state index is 13.3. The SMILES string of the molecule is COc1cccc(-c2nn(-c3ccc(C)cc3)cc2C(=O)NCC(=O)Nc2c(C)cc(C)cc2C)c1. The van der Waals surface area contributed by atoms with E-state index in [-0.39, 0.29) is 12.5 Å². The third kappa shape index (κ3) is 5.46. The number of aromatic nitrogens is 2. The highest BCUT2D eigenvalue weighted by molar-refractivity contribution is 6.03. The van der Waals surface area contributed by atoms with Gasteiger partial charge in [0.05, 0.1) is 24.9 Å². The quantitative estimate of drug-likeness (QED) is 0.382. The van der Waals surface area contributed by atoms with Crippen LogP contribution in [-0.4, -0.2) is 35.2 Å². The molecule has 0 unspecified atom stereocenters. The first-order valence-electron chi connectivity index (χ1n) is 11.7. The first-order chi connectivity index (χ1) is 17.2. The van der Waals surface area contributed by atoms with Gasteiger partial charge in [-0.1, -0.05) is 47.5 Å². The molecule has 1 heterocycles. The number of nitrogens with zero attached hydrogens (tertiary/aromatic N) is 2. The highest BCUT2D eigenvalue weighted by atomic mass is 16.5. The molecule has 2 amide bonds. The van der Waals surface area contributed by atoms with E-state index in [1.54, 1.807) is 18.0 Å². The van der Waals surface area contributed by atoms with Crippen LogP contribution < -0.4 is 15.4 Å². The Morgan fingerprint density at radius 1 is 0.917 bits per heavy atom. The second-order valence-electron chi connectivity index (χ2n) is 8.91. The third-order valence-corrected chi connectivity index (χ3v) is 5.95. The summed E-state index contributed by atoms with van der Waals surface area (Å²) in [6, 6.07) is 19.3. The van der Waals surface area contributed by atoms with Crippen molar-refractivity contribution in [2.24, 2.45) is 0 Å². The monoisotopic (exact) mass is 482 g/mol. The van der Waals surface area contributed by atoms with Gasteiger partial charge >= 0.3 is 0 Å². The summed E-state index contributed by atoms with van der Waals surface area (Å²) < 4.78 is 7.02. The molecule has 0 aliphatic carbocycles. The number of carbonyl (C=O) groups is 2. The highest BCUT2D eigenvalue weighted by Gasteiger charge is 2.20. The van der Waals surface area contributed by atoms with Gasteiger partial charge < -0.3 is 15.4 Å². The predicted molar refractivity (Wildman–Crippen MR) is 142 cm³/mol. The zero-order valence-electron chi connectivity index (χ0n) is 21.2. The number of anilines is 1. The molecule has 0 atom stereocenters. The lowest BCUT2D eigenvalue weighted by Crippen LogP contribution is -2.33. The lowest BCUT2D eigenvalue weighted by molar-refractivity contribution is -0.115. The Kier molecular flexibility index (Phi) is 7.20. The molecule has 0 bridgehead atoms. The van der Waals surface area contributed by atoms with Gasteiger partial charge in [-0.15, -0.1) is 0 Å². The molecule has 0 fully saturated rings. The zero-order valence-corrected chi connectivity index (χ0v) is 21.2. The number of rotatable bonds is 7. The van der Waals surface area contributed by atoms with E-state index in [1.807, 2.05) is 88.4 Å². The summed E-state index contributed by atoms with van der Waals surface area (Å²) in [5.74, 6) is -0.0297. The Morgan fingerprint density at radius 2 is 1.61 bits per heavy atom. The Bertz CT molecular complexity index is 1400. The molecule has 4 rings (SSSR count). The molecule has 7 nitrogen and oxygen atoms in total. The van der Waals surface area contributed by atoms with Gasteiger partial charge in [0.2, 0.25) is 5.91 Å². The smallest absolute Gasteiger partial charge is 0.255 e. The van der Waals surface area contributed by atoms with Gasteiger partial charge in [0.15, 0.2) is 0 Å². The maximum Gasteiger partial charge on any atom is 0.255 e. The van der Waals surface area contributed by atoms with Crippen LogP contribution in [0.25, 0.3) is 16.9 Å². The molecule has 0 saturated heterocycles. The van der Waals surface area contributed by atoms with Crippen LogP contribution in [0.1, 0.15) is 32.6 Å². The number of methoxy groups -OCH3 is 1. The molecule has 2 N–H and O–H groups in total. The fraction of sp³-hybridized carbons (Fsp3) is 0.207. The number of benzene rings is 3. The highest BCUT2D eigenvalue weighted by Crippen LogP contribution is 2.27. The molecule has 0 radical (unpaired) electrons. The number of aryl methyl sites for hydroxylation is 4. The van der Waals surface area contributed by atoms with Crippen molar-refractivity contribution in [3.63, 3.8) is 0 Å². The molecule has 0 saturated carbocycles. The topological polar surface area (TPSA) is 85.2 Å². The summed E-state index contributed by atoms with van der Waals surface area (Å²) in [4.78, 5) is 25.9. The van der Waals surface area contributed by atoms with Gasteiger partial charge in [-0.2, -0.15) is 5.10 Å². The number of amides is 2. The van der Waals surface area contributed by atoms with Gasteiger partial charge in [0.25, 0.3) is 5.91 Å². The van der Waals surface area contributed by atoms with Crippen LogP contribution >= 0.6 is 0 Å². The second-order valence-corrected chi connectivity index (χ2v) is 8.91. The minimum atomic E-state index is -0.390. The zero-order chi connectivity index (χ0) is 25.8. The number of nitrogens with one attached hydrogen (secondary N) is 2. The maximum absolute atomic E-state index is 13.3. The Morgan fingerprint density at radius 3 is 2.28 bits per heavy atom. The minimum Gasteiger partial charge on any atom is -0.497 e. The van der Waals surface area contributed by atoms with Gasteiger partial charge in [0, 0.05) is 17.4 Å². The molecular weight excluding hydrogens is 452 g/mol. The number of hydrogen-bond acceptors (Lipinski definition) is 4. The Hall–Kier alpha value is -4.39. The average Bonchev–Trinajstić information content (AvgIpc) is 3.31. The number of carbonyl (C=O) groups excluding carboxylic acids is 2. The minimum absolute atomic E-state index is 0.168. The van der Waals surface area contributed by atoms with Crippen molar-refractivity contribution in [3.8, 4) is 22.7 Å². The van der Waals surface area contributed by atoms with Crippen molar-refractivity contribution in [2.45, 2.75) is 27.7 Å². The van der Waals surface area contributed by atoms with Gasteiger partial charge in [-0.05, 0) is 63.1 Å². The summed E-state index contributed by atoms with van der Waals surface area (Å²) in [5, 5.41) is 10.4. The van der Waals surface area contributed by atoms with Crippen LogP contribution in [0.2, 0.25) is 0 Å². The Balaban J connectivity index is 1.59. The summed E-state index contributed by atoms with van der Waals surface area (Å²) in [5.41, 5.74) is 7.40. The molecule has 0 spiro atoms. The van der Waals surface area contributed by atoms with Gasteiger partial charge in [0.1, 0.15) is 11.4 Å². The average molecular weight is 483 g/mol. The van der Waals surface area contributed by atoms with E-state index in [2.05, 4.69) is 10.6 Å². The Labute approximate surface area is 211 Å². The lowest BCUT2D eigenvalue weighted by atomic mass is 10.1. The fourth-order valence-corrected chi connectivity index (χ4v) is 4.17. The van der Waals surface area contributed by atoms with Crippen molar-refractivity contribution in [1.82, 2.24) is 15.1 Å². The molecular formula is C29H30N4O3. The molecule has 184 valence electrons. The first kappa shape index (κ1) is 24.7. The standard InChI is InChI=1S/C29H30N4O3/c1-18-9-11-23(12-10-18)33-17-25(28(32-33)22-7-6-8-24(15-22)36-5)29(35)30-16-26(34)31-27-20(3)13-19(2)14-21(27)4/h6-15,17H,16H2,1-5H3,(H,30,35)(H,31,34). The molecule has 36 heavy (non-hydrogen) atoms. The predicted octanol–water partition coefficient (Wildman–Crippen LogP) is 5.15. The third-order valence-electron chi connectivity index (χ3n) is 5.95. The summed E-state index contributed by atoms with van der Waals surface area (Å²) >= 11 is 0. The lowest BCUT2D eigenvalue weighted by Gasteiger charge is -2.13. The van der Waals surface area contributed by atoms with Crippen LogP contribution in [0.4, 0.5) is 5.69 Å². The summed E-state index contributed by atoms with van der Waals surface area (Å²) in [7, 11) is 1.59. The molecule has 4 aromatic rings. The molecule has 3 aromatic carbocycles. The van der Waals surface area contributed by atoms with Crippen molar-refractivity contribution in [1.29, 1.82) is 0 Å². The number of hydrogen-bond donors (Lipinski definition) is 2. The fourth-order valence-electron chi connectivity index (χ4n) is 4.17. The van der Waals surface area contributed by atoms with E-state index >= 15 is 0 Å². The van der Waals surface area contributed by atoms with E-state index < -0.39 is 5.91 Å². The van der Waals surface area contributed by atoms with Gasteiger partial charge in [-0.25, -0.2) is 4.68 Å². The van der Waals surface area contributed by atoms with Crippen LogP contribution in [0.15, 0.2) is 66.9 Å². The molecule has 0 aliphatic rings. The van der Waals surface area contributed by atoms with E-state index in [0.717, 1.165) is 39.2 Å². The molecule has 7 heteroatoms. The molecule has 1 aromatic heterocycles. The summed E-state index contributed by atoms with van der Waals surface area (Å²) in [6.07, 6.45) is 1.68. The van der Waals surface area contributed by atoms with Crippen LogP contribution in [0.5, 0.6) is 5.75 Å². The van der Waals surface area contributed by atoms with E-state index in [9.17, 15) is 9.59 Å². The van der Waals surface area contributed by atoms with Crippen molar-refractivity contribution < 1.29 is 14.3 Å². The van der Waals surface area contributed by atoms with Crippen molar-refractivity contribution in [2.75, 3.05) is 19.0 Å². The van der Waals surface area contributed by atoms with Crippen LogP contribution in [0.3, 0.4) is 0 Å². The van der Waals surface area contributed by atoms with Crippen molar-refractivity contribution >= 4 is 17.5 Å². The first-order valence-corrected chi connectivity index (χ1v) is 11.7. The number of ether oxygens (including phenoxy) is 1. The normalized spacial score (nSPS) is 10.7. The van der Waals surface area contributed by atoms with E-state index in [0.29, 0.717) is 17.0 Å².